The van der Waals surface area contributed by atoms with E-state index in [-0.39, 0.29) is 18.9 Å². The number of nitrogens with two attached hydrogens (primary N) is 1. The maximum absolute atomic E-state index is 13.7. The minimum absolute atomic E-state index is 0.0778. The Labute approximate surface area is 112 Å². The molecule has 0 unspecified atom stereocenters. The molecule has 0 heterocycles. The normalized spacial score (nSPS) is 10.7. The molecule has 0 bridgehead atoms. The average molecular weight is 263 g/mol. The van der Waals surface area contributed by atoms with Crippen molar-refractivity contribution in [3.8, 4) is 6.07 Å². The molecule has 4 nitrogen and oxygen atoms in total. The lowest BCUT2D eigenvalue weighted by molar-refractivity contribution is -0.119. The van der Waals surface area contributed by atoms with Crippen molar-refractivity contribution >= 4 is 5.91 Å². The highest BCUT2D eigenvalue weighted by Crippen LogP contribution is 2.13. The molecule has 0 fully saturated rings. The van der Waals surface area contributed by atoms with E-state index in [1.165, 1.54) is 18.2 Å². The van der Waals surface area contributed by atoms with Gasteiger partial charge in [-0.15, -0.1) is 0 Å². The first-order valence-corrected chi connectivity index (χ1v) is 6.11. The molecular formula is C14H18FN3O. The van der Waals surface area contributed by atoms with Crippen LogP contribution in [0.4, 0.5) is 4.39 Å². The van der Waals surface area contributed by atoms with Crippen LogP contribution in [0, 0.1) is 23.1 Å². The highest BCUT2D eigenvalue weighted by atomic mass is 19.1. The van der Waals surface area contributed by atoms with Gasteiger partial charge in [0.15, 0.2) is 0 Å². The molecule has 0 spiro atoms. The fourth-order valence-electron chi connectivity index (χ4n) is 1.93. The second-order valence-electron chi connectivity index (χ2n) is 4.95. The zero-order valence-corrected chi connectivity index (χ0v) is 11.2. The summed E-state index contributed by atoms with van der Waals surface area (Å²) in [5.41, 5.74) is 6.00. The molecule has 1 aromatic rings. The van der Waals surface area contributed by atoms with Crippen LogP contribution in [0.25, 0.3) is 0 Å². The van der Waals surface area contributed by atoms with Crippen molar-refractivity contribution in [3.63, 3.8) is 0 Å². The number of carbonyl (C=O) groups is 1. The molecule has 0 aliphatic carbocycles. The van der Waals surface area contributed by atoms with Gasteiger partial charge in [0.2, 0.25) is 5.91 Å². The number of hydrogen-bond acceptors (Lipinski definition) is 3. The van der Waals surface area contributed by atoms with Gasteiger partial charge in [0.1, 0.15) is 5.82 Å². The summed E-state index contributed by atoms with van der Waals surface area (Å²) in [6, 6.07) is 6.18. The number of amides is 1. The third-order valence-corrected chi connectivity index (χ3v) is 2.57. The van der Waals surface area contributed by atoms with Gasteiger partial charge in [0.05, 0.1) is 18.2 Å². The van der Waals surface area contributed by atoms with Crippen molar-refractivity contribution in [3.05, 3.63) is 35.1 Å². The first-order valence-electron chi connectivity index (χ1n) is 6.11. The average Bonchev–Trinajstić information content (AvgIpc) is 2.30. The van der Waals surface area contributed by atoms with Crippen LogP contribution in [0.2, 0.25) is 0 Å². The van der Waals surface area contributed by atoms with Crippen LogP contribution >= 0.6 is 0 Å². The summed E-state index contributed by atoms with van der Waals surface area (Å²) in [4.78, 5) is 12.8. The van der Waals surface area contributed by atoms with Gasteiger partial charge in [-0.05, 0) is 24.1 Å². The van der Waals surface area contributed by atoms with E-state index in [1.54, 1.807) is 4.90 Å². The number of halogens is 1. The molecule has 0 aromatic heterocycles. The third-order valence-electron chi connectivity index (χ3n) is 2.57. The lowest BCUT2D eigenvalue weighted by Gasteiger charge is -2.23. The standard InChI is InChI=1S/C14H18FN3O/c1-10(2)7-18(9-14(17)19)8-12-5-11(6-16)3-4-13(12)15/h3-5,10H,7-9H2,1-2H3,(H2,17,19). The van der Waals surface area contributed by atoms with Crippen molar-refractivity contribution < 1.29 is 9.18 Å². The van der Waals surface area contributed by atoms with E-state index in [0.29, 0.717) is 23.6 Å². The number of hydrogen-bond donors (Lipinski definition) is 1. The molecule has 1 amide bonds. The minimum Gasteiger partial charge on any atom is -0.369 e. The minimum atomic E-state index is -0.447. The van der Waals surface area contributed by atoms with Crippen molar-refractivity contribution in [2.45, 2.75) is 20.4 Å². The third kappa shape index (κ3) is 5.06. The first kappa shape index (κ1) is 15.1. The molecular weight excluding hydrogens is 245 g/mol. The molecule has 0 saturated heterocycles. The van der Waals surface area contributed by atoms with Crippen LogP contribution in [0.1, 0.15) is 25.0 Å². The topological polar surface area (TPSA) is 70.1 Å². The Balaban J connectivity index is 2.88. The summed E-state index contributed by atoms with van der Waals surface area (Å²) in [7, 11) is 0. The van der Waals surface area contributed by atoms with Gasteiger partial charge in [-0.25, -0.2) is 4.39 Å². The fraction of sp³-hybridized carbons (Fsp3) is 0.429. The van der Waals surface area contributed by atoms with Crippen LogP contribution in [-0.4, -0.2) is 23.9 Å². The van der Waals surface area contributed by atoms with Crippen LogP contribution in [0.5, 0.6) is 0 Å². The lowest BCUT2D eigenvalue weighted by Crippen LogP contribution is -2.36. The maximum Gasteiger partial charge on any atom is 0.231 e. The van der Waals surface area contributed by atoms with Gasteiger partial charge in [-0.3, -0.25) is 9.69 Å². The zero-order chi connectivity index (χ0) is 14.4. The molecule has 1 aromatic carbocycles. The Morgan fingerprint density at radius 1 is 1.53 bits per heavy atom. The van der Waals surface area contributed by atoms with E-state index >= 15 is 0 Å². The lowest BCUT2D eigenvalue weighted by atomic mass is 10.1. The van der Waals surface area contributed by atoms with E-state index in [9.17, 15) is 9.18 Å². The Morgan fingerprint density at radius 2 is 2.21 bits per heavy atom. The van der Waals surface area contributed by atoms with Crippen molar-refractivity contribution in [2.24, 2.45) is 11.7 Å². The van der Waals surface area contributed by atoms with E-state index in [2.05, 4.69) is 0 Å². The van der Waals surface area contributed by atoms with E-state index < -0.39 is 5.91 Å². The smallest absolute Gasteiger partial charge is 0.231 e. The maximum atomic E-state index is 13.7. The summed E-state index contributed by atoms with van der Waals surface area (Å²) < 4.78 is 13.7. The summed E-state index contributed by atoms with van der Waals surface area (Å²) in [6.45, 7) is 5.00. The summed E-state index contributed by atoms with van der Waals surface area (Å²) in [5.74, 6) is -0.490. The van der Waals surface area contributed by atoms with Gasteiger partial charge in [0, 0.05) is 18.7 Å². The molecule has 1 rings (SSSR count). The van der Waals surface area contributed by atoms with Crippen LogP contribution in [-0.2, 0) is 11.3 Å². The number of primary amides is 1. The number of benzene rings is 1. The summed E-state index contributed by atoms with van der Waals surface area (Å²) in [5, 5.41) is 8.82. The van der Waals surface area contributed by atoms with E-state index in [1.807, 2.05) is 19.9 Å². The van der Waals surface area contributed by atoms with Crippen molar-refractivity contribution in [1.29, 1.82) is 5.26 Å². The molecule has 5 heteroatoms. The van der Waals surface area contributed by atoms with E-state index in [4.69, 9.17) is 11.0 Å². The van der Waals surface area contributed by atoms with Crippen LogP contribution in [0.3, 0.4) is 0 Å². The van der Waals surface area contributed by atoms with Gasteiger partial charge in [-0.1, -0.05) is 13.8 Å². The summed E-state index contributed by atoms with van der Waals surface area (Å²) >= 11 is 0. The largest absolute Gasteiger partial charge is 0.369 e. The Morgan fingerprint density at radius 3 is 2.74 bits per heavy atom. The molecule has 2 N–H and O–H groups in total. The zero-order valence-electron chi connectivity index (χ0n) is 11.2. The quantitative estimate of drug-likeness (QED) is 0.848. The Bertz CT molecular complexity index is 494. The van der Waals surface area contributed by atoms with Crippen LogP contribution < -0.4 is 5.73 Å². The number of nitriles is 1. The molecule has 102 valence electrons. The Hall–Kier alpha value is -1.93. The monoisotopic (exact) mass is 263 g/mol. The van der Waals surface area contributed by atoms with Gasteiger partial charge < -0.3 is 5.73 Å². The van der Waals surface area contributed by atoms with Gasteiger partial charge in [0.25, 0.3) is 0 Å². The molecule has 0 radical (unpaired) electrons. The van der Waals surface area contributed by atoms with Gasteiger partial charge in [-0.2, -0.15) is 5.26 Å². The van der Waals surface area contributed by atoms with Gasteiger partial charge >= 0.3 is 0 Å². The molecule has 19 heavy (non-hydrogen) atoms. The highest BCUT2D eigenvalue weighted by Gasteiger charge is 2.13. The molecule has 0 saturated carbocycles. The molecule has 0 aliphatic rings. The molecule has 0 aliphatic heterocycles. The second-order valence-corrected chi connectivity index (χ2v) is 4.95. The predicted molar refractivity (Wildman–Crippen MR) is 70.4 cm³/mol. The SMILES string of the molecule is CC(C)CN(CC(N)=O)Cc1cc(C#N)ccc1F. The number of carbonyl (C=O) groups excluding carboxylic acids is 1. The first-order chi connectivity index (χ1) is 8.92. The highest BCUT2D eigenvalue weighted by molar-refractivity contribution is 5.75. The summed E-state index contributed by atoms with van der Waals surface area (Å²) in [6.07, 6.45) is 0. The predicted octanol–water partition coefficient (Wildman–Crippen LogP) is 1.64. The Kier molecular flexibility index (Phi) is 5.46. The van der Waals surface area contributed by atoms with Crippen LogP contribution in [0.15, 0.2) is 18.2 Å². The fourth-order valence-corrected chi connectivity index (χ4v) is 1.93. The number of rotatable bonds is 6. The van der Waals surface area contributed by atoms with E-state index in [0.717, 1.165) is 0 Å². The van der Waals surface area contributed by atoms with Crippen molar-refractivity contribution in [2.75, 3.05) is 13.1 Å². The molecule has 0 atom stereocenters. The van der Waals surface area contributed by atoms with Crippen molar-refractivity contribution in [1.82, 2.24) is 4.90 Å². The second kappa shape index (κ2) is 6.86. The number of nitrogens with zero attached hydrogens (tertiary/aromatic N) is 2.